The Hall–Kier alpha value is -2.32. The second-order valence-electron chi connectivity index (χ2n) is 4.80. The van der Waals surface area contributed by atoms with Gasteiger partial charge < -0.3 is 5.32 Å². The molecule has 1 aromatic carbocycles. The number of amides is 2. The molecule has 0 bridgehead atoms. The normalized spacial score (nSPS) is 11.5. The van der Waals surface area contributed by atoms with Crippen molar-refractivity contribution in [3.8, 4) is 0 Å². The molecular formula is C15H9ClF3N3OS. The van der Waals surface area contributed by atoms with E-state index in [1.54, 1.807) is 24.3 Å². The first-order valence-corrected chi connectivity index (χ1v) is 7.81. The predicted molar refractivity (Wildman–Crippen MR) is 88.7 cm³/mol. The summed E-state index contributed by atoms with van der Waals surface area (Å²) in [6.45, 7) is 0. The Morgan fingerprint density at radius 2 is 1.83 bits per heavy atom. The minimum Gasteiger partial charge on any atom is -0.308 e. The molecule has 2 N–H and O–H groups in total. The van der Waals surface area contributed by atoms with Crippen LogP contribution in [0.25, 0.3) is 10.2 Å². The zero-order chi connectivity index (χ0) is 17.3. The third-order valence-corrected chi connectivity index (χ3v) is 4.27. The highest BCUT2D eigenvalue weighted by Gasteiger charge is 2.31. The third kappa shape index (κ3) is 3.77. The maximum absolute atomic E-state index is 12.7. The third-order valence-electron chi connectivity index (χ3n) is 3.04. The van der Waals surface area contributed by atoms with Crippen LogP contribution in [0.2, 0.25) is 5.02 Å². The number of benzene rings is 1. The van der Waals surface area contributed by atoms with Gasteiger partial charge >= 0.3 is 12.2 Å². The minimum absolute atomic E-state index is 0.339. The highest BCUT2D eigenvalue weighted by molar-refractivity contribution is 7.22. The fourth-order valence-corrected chi connectivity index (χ4v) is 3.02. The van der Waals surface area contributed by atoms with Gasteiger partial charge in [0.1, 0.15) is 0 Å². The number of alkyl halides is 3. The predicted octanol–water partition coefficient (Wildman–Crippen LogP) is 5.61. The highest BCUT2D eigenvalue weighted by Crippen LogP contribution is 2.34. The van der Waals surface area contributed by atoms with Crippen molar-refractivity contribution in [1.29, 1.82) is 0 Å². The van der Waals surface area contributed by atoms with Gasteiger partial charge in [0.15, 0.2) is 0 Å². The van der Waals surface area contributed by atoms with Gasteiger partial charge in [-0.3, -0.25) is 10.3 Å². The Morgan fingerprint density at radius 3 is 2.50 bits per heavy atom. The summed E-state index contributed by atoms with van der Waals surface area (Å²) in [5.74, 6) is 0. The summed E-state index contributed by atoms with van der Waals surface area (Å²) in [4.78, 5) is 15.7. The molecule has 9 heteroatoms. The Kier molecular flexibility index (Phi) is 4.33. The van der Waals surface area contributed by atoms with E-state index in [0.29, 0.717) is 25.9 Å². The molecule has 0 atom stereocenters. The van der Waals surface area contributed by atoms with E-state index >= 15 is 0 Å². The van der Waals surface area contributed by atoms with Crippen LogP contribution in [0.3, 0.4) is 0 Å². The fraction of sp³-hybridized carbons (Fsp3) is 0.0667. The summed E-state index contributed by atoms with van der Waals surface area (Å²) < 4.78 is 38.4. The van der Waals surface area contributed by atoms with Crippen LogP contribution in [0.5, 0.6) is 0 Å². The van der Waals surface area contributed by atoms with Crippen molar-refractivity contribution in [1.82, 2.24) is 4.98 Å². The number of fused-ring (bicyclic) bond motifs is 1. The van der Waals surface area contributed by atoms with E-state index in [4.69, 9.17) is 11.6 Å². The first kappa shape index (κ1) is 16.5. The fourth-order valence-electron chi connectivity index (χ4n) is 1.94. The number of rotatable bonds is 2. The van der Waals surface area contributed by atoms with Gasteiger partial charge in [-0.15, -0.1) is 11.3 Å². The van der Waals surface area contributed by atoms with Crippen molar-refractivity contribution < 1.29 is 18.0 Å². The van der Waals surface area contributed by atoms with Crippen LogP contribution in [-0.2, 0) is 6.18 Å². The quantitative estimate of drug-likeness (QED) is 0.615. The molecule has 0 saturated carbocycles. The van der Waals surface area contributed by atoms with Crippen LogP contribution in [0.4, 0.5) is 28.7 Å². The number of carbonyl (C=O) groups excluding carboxylic acids is 1. The maximum atomic E-state index is 12.7. The van der Waals surface area contributed by atoms with Gasteiger partial charge in [0.2, 0.25) is 0 Å². The van der Waals surface area contributed by atoms with Gasteiger partial charge in [-0.1, -0.05) is 11.6 Å². The topological polar surface area (TPSA) is 54.0 Å². The van der Waals surface area contributed by atoms with E-state index < -0.39 is 17.8 Å². The number of nitrogens with one attached hydrogen (secondary N) is 2. The Balaban J connectivity index is 1.75. The van der Waals surface area contributed by atoms with Crippen molar-refractivity contribution >= 4 is 49.9 Å². The van der Waals surface area contributed by atoms with E-state index in [1.807, 2.05) is 0 Å². The molecule has 0 spiro atoms. The molecule has 0 aliphatic heterocycles. The number of hydrogen-bond acceptors (Lipinski definition) is 3. The van der Waals surface area contributed by atoms with E-state index in [1.165, 1.54) is 6.07 Å². The monoisotopic (exact) mass is 371 g/mol. The van der Waals surface area contributed by atoms with Crippen LogP contribution in [0.15, 0.2) is 42.6 Å². The summed E-state index contributed by atoms with van der Waals surface area (Å²) in [5, 5.41) is 6.09. The average molecular weight is 372 g/mol. The van der Waals surface area contributed by atoms with Gasteiger partial charge in [0, 0.05) is 16.9 Å². The summed E-state index contributed by atoms with van der Waals surface area (Å²) in [6.07, 6.45) is -3.68. The molecule has 2 aromatic heterocycles. The van der Waals surface area contributed by atoms with Crippen molar-refractivity contribution in [3.05, 3.63) is 53.2 Å². The molecule has 24 heavy (non-hydrogen) atoms. The number of halogens is 4. The van der Waals surface area contributed by atoms with Crippen LogP contribution >= 0.6 is 22.9 Å². The maximum Gasteiger partial charge on any atom is 0.417 e. The van der Waals surface area contributed by atoms with Crippen molar-refractivity contribution in [2.45, 2.75) is 6.18 Å². The van der Waals surface area contributed by atoms with Gasteiger partial charge in [-0.05, 0) is 36.4 Å². The van der Waals surface area contributed by atoms with Crippen LogP contribution in [0.1, 0.15) is 5.56 Å². The number of carbonyl (C=O) groups is 1. The van der Waals surface area contributed by atoms with Crippen LogP contribution in [-0.4, -0.2) is 11.0 Å². The van der Waals surface area contributed by atoms with E-state index in [-0.39, 0.29) is 0 Å². The lowest BCUT2D eigenvalue weighted by Crippen LogP contribution is -2.18. The van der Waals surface area contributed by atoms with Crippen molar-refractivity contribution in [2.24, 2.45) is 0 Å². The Bertz CT molecular complexity index is 893. The molecule has 0 fully saturated rings. The smallest absolute Gasteiger partial charge is 0.308 e. The van der Waals surface area contributed by atoms with Crippen LogP contribution < -0.4 is 10.6 Å². The highest BCUT2D eigenvalue weighted by atomic mass is 35.5. The van der Waals surface area contributed by atoms with Gasteiger partial charge in [-0.25, -0.2) is 4.79 Å². The molecule has 3 rings (SSSR count). The second-order valence-corrected chi connectivity index (χ2v) is 6.32. The molecule has 2 heterocycles. The summed E-state index contributed by atoms with van der Waals surface area (Å²) in [5.41, 5.74) is 0.0966. The van der Waals surface area contributed by atoms with Crippen molar-refractivity contribution in [3.63, 3.8) is 0 Å². The molecule has 0 aliphatic carbocycles. The first-order valence-electron chi connectivity index (χ1n) is 6.61. The Morgan fingerprint density at radius 1 is 1.12 bits per heavy atom. The lowest BCUT2D eigenvalue weighted by Gasteiger charge is -2.05. The number of urea groups is 1. The van der Waals surface area contributed by atoms with Gasteiger partial charge in [0.25, 0.3) is 0 Å². The van der Waals surface area contributed by atoms with Gasteiger partial charge in [0.05, 0.1) is 20.8 Å². The van der Waals surface area contributed by atoms with Gasteiger partial charge in [-0.2, -0.15) is 13.2 Å². The second kappa shape index (κ2) is 6.29. The molecule has 0 saturated heterocycles. The number of thiophene rings is 1. The molecule has 4 nitrogen and oxygen atoms in total. The molecule has 124 valence electrons. The lowest BCUT2D eigenvalue weighted by atomic mass is 10.2. The van der Waals surface area contributed by atoms with E-state index in [0.717, 1.165) is 23.6 Å². The molecule has 0 unspecified atom stereocenters. The summed E-state index contributed by atoms with van der Waals surface area (Å²) in [7, 11) is 0. The number of nitrogens with zero attached hydrogens (tertiary/aromatic N) is 1. The zero-order valence-electron chi connectivity index (χ0n) is 11.8. The number of aromatic nitrogens is 1. The van der Waals surface area contributed by atoms with Crippen LogP contribution in [0, 0.1) is 0 Å². The average Bonchev–Trinajstić information content (AvgIpc) is 2.89. The minimum atomic E-state index is -4.45. The van der Waals surface area contributed by atoms with Crippen molar-refractivity contribution in [2.75, 3.05) is 10.6 Å². The number of hydrogen-bond donors (Lipinski definition) is 2. The standard InChI is InChI=1S/C15H9ClF3N3OS/c16-9-1-3-10(4-2-9)21-14(23)22-13-6-11-12(24-13)5-8(7-20-11)15(17,18)19/h1-7H,(H2,21,22,23). The zero-order valence-corrected chi connectivity index (χ0v) is 13.4. The Labute approximate surface area is 143 Å². The number of anilines is 2. The molecular weight excluding hydrogens is 363 g/mol. The SMILES string of the molecule is O=C(Nc1ccc(Cl)cc1)Nc1cc2ncc(C(F)(F)F)cc2s1. The molecule has 3 aromatic rings. The molecule has 2 amide bonds. The first-order chi connectivity index (χ1) is 11.3. The molecule has 0 aliphatic rings. The molecule has 0 radical (unpaired) electrons. The number of pyridine rings is 1. The lowest BCUT2D eigenvalue weighted by molar-refractivity contribution is -0.137. The summed E-state index contributed by atoms with van der Waals surface area (Å²) >= 11 is 6.77. The van der Waals surface area contributed by atoms with E-state index in [9.17, 15) is 18.0 Å². The van der Waals surface area contributed by atoms with E-state index in [2.05, 4.69) is 15.6 Å². The summed E-state index contributed by atoms with van der Waals surface area (Å²) in [6, 6.07) is 8.52. The largest absolute Gasteiger partial charge is 0.417 e.